The summed E-state index contributed by atoms with van der Waals surface area (Å²) >= 11 is 1.86. The van der Waals surface area contributed by atoms with Crippen molar-refractivity contribution < 1.29 is 5.11 Å². The molecule has 0 atom stereocenters. The molecule has 0 saturated carbocycles. The van der Waals surface area contributed by atoms with Crippen molar-refractivity contribution in [1.82, 2.24) is 0 Å². The Balaban J connectivity index is 2.53. The molecule has 0 aliphatic carbocycles. The van der Waals surface area contributed by atoms with Gasteiger partial charge in [-0.15, -0.1) is 0 Å². The molecular formula is C6H13OS. The zero-order chi connectivity index (χ0) is 6.24. The van der Waals surface area contributed by atoms with Gasteiger partial charge in [0.05, 0.1) is 0 Å². The second kappa shape index (κ2) is 7.31. The lowest BCUT2D eigenvalue weighted by atomic mass is 10.5. The van der Waals surface area contributed by atoms with E-state index in [0.717, 1.165) is 24.3 Å². The zero-order valence-electron chi connectivity index (χ0n) is 5.10. The normalized spacial score (nSPS) is 9.75. The van der Waals surface area contributed by atoms with Crippen LogP contribution < -0.4 is 0 Å². The monoisotopic (exact) mass is 133 g/mol. The fraction of sp³-hybridized carbons (Fsp3) is 0.833. The van der Waals surface area contributed by atoms with Gasteiger partial charge in [0.1, 0.15) is 0 Å². The molecule has 0 amide bonds. The van der Waals surface area contributed by atoms with E-state index in [-0.39, 0.29) is 0 Å². The van der Waals surface area contributed by atoms with E-state index in [4.69, 9.17) is 5.11 Å². The molecule has 1 nitrogen and oxygen atoms in total. The largest absolute Gasteiger partial charge is 0.396 e. The van der Waals surface area contributed by atoms with Gasteiger partial charge in [-0.3, -0.25) is 0 Å². The molecule has 0 rings (SSSR count). The first-order valence-electron chi connectivity index (χ1n) is 2.89. The Kier molecular flexibility index (Phi) is 7.59. The number of aliphatic hydroxyl groups excluding tert-OH is 1. The molecule has 1 N–H and O–H groups in total. The molecule has 0 fully saturated rings. The number of aliphatic hydroxyl groups is 1. The molecule has 0 aromatic carbocycles. The van der Waals surface area contributed by atoms with Gasteiger partial charge in [-0.1, -0.05) is 6.92 Å². The highest BCUT2D eigenvalue weighted by Crippen LogP contribution is 2.02. The second-order valence-electron chi connectivity index (χ2n) is 1.54. The lowest BCUT2D eigenvalue weighted by Gasteiger charge is -1.93. The molecule has 1 radical (unpaired) electrons. The number of thioether (sulfide) groups is 1. The van der Waals surface area contributed by atoms with Crippen molar-refractivity contribution in [3.8, 4) is 0 Å². The SMILES string of the molecule is [CH2]CCSCCCO. The maximum Gasteiger partial charge on any atom is 0.0438 e. The molecule has 2 heteroatoms. The Bertz CT molecular complexity index is 33.5. The van der Waals surface area contributed by atoms with E-state index in [2.05, 4.69) is 6.92 Å². The summed E-state index contributed by atoms with van der Waals surface area (Å²) in [7, 11) is 0. The van der Waals surface area contributed by atoms with E-state index < -0.39 is 0 Å². The van der Waals surface area contributed by atoms with Crippen LogP contribution in [-0.2, 0) is 0 Å². The van der Waals surface area contributed by atoms with Crippen LogP contribution in [0.4, 0.5) is 0 Å². The van der Waals surface area contributed by atoms with Crippen LogP contribution >= 0.6 is 11.8 Å². The van der Waals surface area contributed by atoms with Crippen molar-refractivity contribution in [2.24, 2.45) is 0 Å². The number of hydrogen-bond donors (Lipinski definition) is 1. The van der Waals surface area contributed by atoms with Gasteiger partial charge in [0.2, 0.25) is 0 Å². The fourth-order valence-corrected chi connectivity index (χ4v) is 1.11. The number of hydrogen-bond acceptors (Lipinski definition) is 2. The molecule has 0 heterocycles. The topological polar surface area (TPSA) is 20.2 Å². The van der Waals surface area contributed by atoms with Crippen molar-refractivity contribution in [3.63, 3.8) is 0 Å². The van der Waals surface area contributed by atoms with Crippen LogP contribution in [0.15, 0.2) is 0 Å². The summed E-state index contributed by atoms with van der Waals surface area (Å²) in [6.07, 6.45) is 1.92. The van der Waals surface area contributed by atoms with Crippen LogP contribution in [0.1, 0.15) is 12.8 Å². The minimum atomic E-state index is 0.324. The third kappa shape index (κ3) is 6.31. The first-order chi connectivity index (χ1) is 3.91. The summed E-state index contributed by atoms with van der Waals surface area (Å²) in [6, 6.07) is 0. The predicted octanol–water partition coefficient (Wildman–Crippen LogP) is 1.33. The molecule has 0 aromatic heterocycles. The van der Waals surface area contributed by atoms with Crippen molar-refractivity contribution in [1.29, 1.82) is 0 Å². The van der Waals surface area contributed by atoms with Crippen molar-refractivity contribution >= 4 is 11.8 Å². The molecule has 0 unspecified atom stereocenters. The van der Waals surface area contributed by atoms with E-state index in [9.17, 15) is 0 Å². The van der Waals surface area contributed by atoms with Crippen molar-refractivity contribution in [3.05, 3.63) is 6.92 Å². The highest BCUT2D eigenvalue weighted by atomic mass is 32.2. The summed E-state index contributed by atoms with van der Waals surface area (Å²) in [6.45, 7) is 4.02. The van der Waals surface area contributed by atoms with Gasteiger partial charge in [-0.25, -0.2) is 0 Å². The van der Waals surface area contributed by atoms with Crippen LogP contribution in [0.2, 0.25) is 0 Å². The van der Waals surface area contributed by atoms with E-state index >= 15 is 0 Å². The Hall–Kier alpha value is 0.310. The van der Waals surface area contributed by atoms with E-state index in [1.54, 1.807) is 0 Å². The minimum absolute atomic E-state index is 0.324. The predicted molar refractivity (Wildman–Crippen MR) is 39.0 cm³/mol. The Morgan fingerprint density at radius 2 is 2.12 bits per heavy atom. The molecule has 0 bridgehead atoms. The first-order valence-corrected chi connectivity index (χ1v) is 4.05. The quantitative estimate of drug-likeness (QED) is 0.571. The maximum atomic E-state index is 8.34. The molecule has 0 aliphatic rings. The van der Waals surface area contributed by atoms with E-state index in [1.807, 2.05) is 11.8 Å². The lowest BCUT2D eigenvalue weighted by molar-refractivity contribution is 0.296. The molecular weight excluding hydrogens is 120 g/mol. The summed E-state index contributed by atoms with van der Waals surface area (Å²) in [5.74, 6) is 2.20. The van der Waals surface area contributed by atoms with Crippen LogP contribution in [0.3, 0.4) is 0 Å². The Labute approximate surface area is 55.5 Å². The number of rotatable bonds is 5. The lowest BCUT2D eigenvalue weighted by Crippen LogP contribution is -1.86. The molecule has 49 valence electrons. The average Bonchev–Trinajstić information content (AvgIpc) is 1.81. The van der Waals surface area contributed by atoms with Gasteiger partial charge in [0.15, 0.2) is 0 Å². The molecule has 0 spiro atoms. The van der Waals surface area contributed by atoms with E-state index in [1.165, 1.54) is 0 Å². The summed E-state index contributed by atoms with van der Waals surface area (Å²) < 4.78 is 0. The Morgan fingerprint density at radius 1 is 1.38 bits per heavy atom. The first kappa shape index (κ1) is 8.31. The summed E-state index contributed by atoms with van der Waals surface area (Å²) in [5, 5.41) is 8.34. The smallest absolute Gasteiger partial charge is 0.0438 e. The zero-order valence-corrected chi connectivity index (χ0v) is 5.91. The molecule has 8 heavy (non-hydrogen) atoms. The van der Waals surface area contributed by atoms with Gasteiger partial charge in [-0.05, 0) is 24.3 Å². The van der Waals surface area contributed by atoms with Crippen molar-refractivity contribution in [2.45, 2.75) is 12.8 Å². The second-order valence-corrected chi connectivity index (χ2v) is 2.77. The maximum absolute atomic E-state index is 8.34. The summed E-state index contributed by atoms with van der Waals surface area (Å²) in [5.41, 5.74) is 0. The average molecular weight is 133 g/mol. The minimum Gasteiger partial charge on any atom is -0.396 e. The van der Waals surface area contributed by atoms with Crippen LogP contribution in [0.25, 0.3) is 0 Å². The van der Waals surface area contributed by atoms with Gasteiger partial charge >= 0.3 is 0 Å². The standard InChI is InChI=1S/C6H13OS/c1-2-5-8-6-3-4-7/h7H,1-6H2. The highest BCUT2D eigenvalue weighted by molar-refractivity contribution is 7.99. The molecule has 0 saturated heterocycles. The van der Waals surface area contributed by atoms with Gasteiger partial charge in [0.25, 0.3) is 0 Å². The third-order valence-corrected chi connectivity index (χ3v) is 1.89. The summed E-state index contributed by atoms with van der Waals surface area (Å²) in [4.78, 5) is 0. The molecule has 0 aliphatic heterocycles. The van der Waals surface area contributed by atoms with Crippen LogP contribution in [-0.4, -0.2) is 23.2 Å². The third-order valence-electron chi connectivity index (χ3n) is 0.735. The van der Waals surface area contributed by atoms with Crippen LogP contribution in [0, 0.1) is 6.92 Å². The Morgan fingerprint density at radius 3 is 2.62 bits per heavy atom. The van der Waals surface area contributed by atoms with Crippen LogP contribution in [0.5, 0.6) is 0 Å². The van der Waals surface area contributed by atoms with Crippen molar-refractivity contribution in [2.75, 3.05) is 18.1 Å². The van der Waals surface area contributed by atoms with Gasteiger partial charge in [-0.2, -0.15) is 11.8 Å². The van der Waals surface area contributed by atoms with Gasteiger partial charge < -0.3 is 5.11 Å². The fourth-order valence-electron chi connectivity index (χ4n) is 0.371. The van der Waals surface area contributed by atoms with Gasteiger partial charge in [0, 0.05) is 6.61 Å². The molecule has 0 aromatic rings. The highest BCUT2D eigenvalue weighted by Gasteiger charge is 1.83. The van der Waals surface area contributed by atoms with E-state index in [0.29, 0.717) is 6.61 Å².